The SMILES string of the molecule is CC(=O)O[C@H]1C[C@@]2(C)[C@@H](C[C@@H](O)[C@@H]3[C@]2(N)CC[C@@]24C[C@@]2(CN)[C@H](O)CC[C@]34C)/C1=C(/C(=O)O)C1CCCC(=C2CCCC2)C1. The van der Waals surface area contributed by atoms with Crippen molar-refractivity contribution < 1.29 is 29.6 Å². The predicted molar refractivity (Wildman–Crippen MR) is 166 cm³/mol. The molecule has 244 valence electrons. The van der Waals surface area contributed by atoms with Gasteiger partial charge in [-0.05, 0) is 130 Å². The van der Waals surface area contributed by atoms with Crippen LogP contribution in [-0.4, -0.2) is 57.7 Å². The molecule has 7 aliphatic carbocycles. The van der Waals surface area contributed by atoms with Crippen LogP contribution in [0, 0.1) is 39.4 Å². The molecule has 7 fully saturated rings. The van der Waals surface area contributed by atoms with Crippen molar-refractivity contribution in [3.05, 3.63) is 22.3 Å². The first-order chi connectivity index (χ1) is 20.8. The number of aliphatic hydroxyl groups excluding tert-OH is 2. The second-order valence-corrected chi connectivity index (χ2v) is 16.6. The highest BCUT2D eigenvalue weighted by Gasteiger charge is 2.84. The van der Waals surface area contributed by atoms with Crippen LogP contribution in [0.2, 0.25) is 0 Å². The number of aliphatic carboxylic acids is 1. The number of carboxylic acid groups (broad SMARTS) is 1. The molecule has 0 aliphatic heterocycles. The van der Waals surface area contributed by atoms with Gasteiger partial charge >= 0.3 is 11.9 Å². The number of carbonyl (C=O) groups is 2. The summed E-state index contributed by atoms with van der Waals surface area (Å²) >= 11 is 0. The molecule has 7 rings (SSSR count). The topological polar surface area (TPSA) is 156 Å². The largest absolute Gasteiger partial charge is 0.478 e. The van der Waals surface area contributed by atoms with Gasteiger partial charge in [-0.25, -0.2) is 4.79 Å². The molecule has 0 aromatic carbocycles. The minimum atomic E-state index is -0.923. The van der Waals surface area contributed by atoms with Gasteiger partial charge in [0, 0.05) is 35.9 Å². The summed E-state index contributed by atoms with van der Waals surface area (Å²) < 4.78 is 6.04. The number of aliphatic hydroxyl groups is 2. The number of rotatable bonds is 4. The first kappa shape index (κ1) is 30.9. The molecule has 8 nitrogen and oxygen atoms in total. The molecule has 0 amide bonds. The minimum Gasteiger partial charge on any atom is -0.478 e. The Kier molecular flexibility index (Phi) is 7.11. The third kappa shape index (κ3) is 3.83. The van der Waals surface area contributed by atoms with Crippen LogP contribution in [0.5, 0.6) is 0 Å². The molecule has 1 unspecified atom stereocenters. The molecule has 7 aliphatic rings. The van der Waals surface area contributed by atoms with E-state index in [9.17, 15) is 24.9 Å². The van der Waals surface area contributed by atoms with E-state index in [-0.39, 0.29) is 34.0 Å². The molecule has 0 bridgehead atoms. The monoisotopic (exact) mass is 610 g/mol. The van der Waals surface area contributed by atoms with E-state index >= 15 is 0 Å². The number of ether oxygens (including phenoxy) is 1. The van der Waals surface area contributed by atoms with Crippen LogP contribution in [0.1, 0.15) is 117 Å². The number of carbonyl (C=O) groups excluding carboxylic acids is 1. The fourth-order valence-electron chi connectivity index (χ4n) is 13.2. The summed E-state index contributed by atoms with van der Waals surface area (Å²) in [6.07, 6.45) is 11.2. The van der Waals surface area contributed by atoms with E-state index in [2.05, 4.69) is 13.8 Å². The van der Waals surface area contributed by atoms with Gasteiger partial charge in [-0.2, -0.15) is 0 Å². The maximum absolute atomic E-state index is 13.3. The average Bonchev–Trinajstić information content (AvgIpc) is 3.22. The Morgan fingerprint density at radius 3 is 2.34 bits per heavy atom. The second-order valence-electron chi connectivity index (χ2n) is 16.6. The third-order valence-corrected chi connectivity index (χ3v) is 15.2. The Bertz CT molecular complexity index is 1320. The lowest BCUT2D eigenvalue weighted by atomic mass is 9.38. The maximum Gasteiger partial charge on any atom is 0.331 e. The molecule has 7 saturated carbocycles. The Labute approximate surface area is 262 Å². The Hall–Kier alpha value is -1.74. The van der Waals surface area contributed by atoms with Gasteiger partial charge in [0.1, 0.15) is 6.10 Å². The summed E-state index contributed by atoms with van der Waals surface area (Å²) in [7, 11) is 0. The molecule has 0 heterocycles. The van der Waals surface area contributed by atoms with Gasteiger partial charge in [-0.1, -0.05) is 25.0 Å². The highest BCUT2D eigenvalue weighted by Crippen LogP contribution is 2.85. The van der Waals surface area contributed by atoms with Crippen molar-refractivity contribution in [3.63, 3.8) is 0 Å². The van der Waals surface area contributed by atoms with E-state index in [4.69, 9.17) is 16.2 Å². The molecule has 0 radical (unpaired) electrons. The molecule has 44 heavy (non-hydrogen) atoms. The summed E-state index contributed by atoms with van der Waals surface area (Å²) in [5.41, 5.74) is 16.1. The van der Waals surface area contributed by atoms with Crippen LogP contribution >= 0.6 is 0 Å². The molecule has 7 N–H and O–H groups in total. The van der Waals surface area contributed by atoms with Gasteiger partial charge in [0.15, 0.2) is 0 Å². The summed E-state index contributed by atoms with van der Waals surface area (Å²) in [4.78, 5) is 25.9. The van der Waals surface area contributed by atoms with Crippen LogP contribution < -0.4 is 11.5 Å². The van der Waals surface area contributed by atoms with Crippen molar-refractivity contribution in [1.29, 1.82) is 0 Å². The first-order valence-corrected chi connectivity index (χ1v) is 17.5. The number of hydrogen-bond donors (Lipinski definition) is 5. The van der Waals surface area contributed by atoms with Crippen LogP contribution in [0.4, 0.5) is 0 Å². The Morgan fingerprint density at radius 1 is 0.977 bits per heavy atom. The van der Waals surface area contributed by atoms with Gasteiger partial charge < -0.3 is 31.5 Å². The van der Waals surface area contributed by atoms with Gasteiger partial charge in [-0.3, -0.25) is 4.79 Å². The van der Waals surface area contributed by atoms with Crippen LogP contribution in [-0.2, 0) is 14.3 Å². The first-order valence-electron chi connectivity index (χ1n) is 17.5. The molecule has 1 spiro atoms. The molecule has 0 aromatic rings. The Balaban J connectivity index is 1.33. The van der Waals surface area contributed by atoms with Gasteiger partial charge in [0.25, 0.3) is 0 Å². The molecule has 0 saturated heterocycles. The standard InChI is InChI=1S/C36H54N2O6/c1-20(39)44-26-17-33(3)24(29(26)28(31(42)43)23-10-6-9-22(15-23)21-7-4-5-8-21)16-25(40)30-32(2)12-11-27(41)34(19-37)18-35(32,34)13-14-36(30,33)38/h23-27,30,40-41H,4-19,37-38H2,1-3H3,(H,42,43)/b29-28-/t23?,24-,25+,26-,27+,30-,32+,33-,34+,35-,36+/m0/s1. The van der Waals surface area contributed by atoms with Gasteiger partial charge in [-0.15, -0.1) is 0 Å². The highest BCUT2D eigenvalue weighted by molar-refractivity contribution is 5.89. The highest BCUT2D eigenvalue weighted by atomic mass is 16.5. The predicted octanol–water partition coefficient (Wildman–Crippen LogP) is 4.75. The van der Waals surface area contributed by atoms with Crippen molar-refractivity contribution in [2.75, 3.05) is 6.54 Å². The van der Waals surface area contributed by atoms with Gasteiger partial charge in [0.05, 0.1) is 12.2 Å². The zero-order chi connectivity index (χ0) is 31.4. The van der Waals surface area contributed by atoms with Crippen molar-refractivity contribution >= 4 is 11.9 Å². The van der Waals surface area contributed by atoms with Crippen molar-refractivity contribution in [2.24, 2.45) is 50.9 Å². The lowest BCUT2D eigenvalue weighted by Gasteiger charge is -2.68. The summed E-state index contributed by atoms with van der Waals surface area (Å²) in [5, 5.41) is 34.3. The van der Waals surface area contributed by atoms with Gasteiger partial charge in [0.2, 0.25) is 0 Å². The second kappa shape index (κ2) is 10.1. The van der Waals surface area contributed by atoms with Crippen LogP contribution in [0.15, 0.2) is 22.3 Å². The number of carboxylic acids is 1. The van der Waals surface area contributed by atoms with Crippen molar-refractivity contribution in [1.82, 2.24) is 0 Å². The lowest BCUT2D eigenvalue weighted by molar-refractivity contribution is -0.205. The number of allylic oxidation sites excluding steroid dienone is 2. The third-order valence-electron chi connectivity index (χ3n) is 15.2. The van der Waals surface area contributed by atoms with Crippen LogP contribution in [0.3, 0.4) is 0 Å². The van der Waals surface area contributed by atoms with E-state index in [1.165, 1.54) is 30.9 Å². The maximum atomic E-state index is 13.3. The fourth-order valence-corrected chi connectivity index (χ4v) is 13.2. The molecular formula is C36H54N2O6. The average molecular weight is 611 g/mol. The number of nitrogens with two attached hydrogens (primary N) is 2. The zero-order valence-corrected chi connectivity index (χ0v) is 27.0. The molecule has 0 aromatic heterocycles. The van der Waals surface area contributed by atoms with E-state index in [0.717, 1.165) is 57.8 Å². The fraction of sp³-hybridized carbons (Fsp3) is 0.833. The quantitative estimate of drug-likeness (QED) is 0.173. The zero-order valence-electron chi connectivity index (χ0n) is 27.0. The number of hydrogen-bond acceptors (Lipinski definition) is 7. The number of fused-ring (bicyclic) bond motifs is 4. The molecular weight excluding hydrogens is 556 g/mol. The summed E-state index contributed by atoms with van der Waals surface area (Å²) in [5.74, 6) is -1.98. The molecule has 11 atom stereocenters. The minimum absolute atomic E-state index is 0.132. The Morgan fingerprint density at radius 2 is 1.68 bits per heavy atom. The molecule has 8 heteroatoms. The van der Waals surface area contributed by atoms with E-state index in [1.807, 2.05) is 0 Å². The number of esters is 1. The summed E-state index contributed by atoms with van der Waals surface area (Å²) in [6, 6.07) is 0. The van der Waals surface area contributed by atoms with Crippen molar-refractivity contribution in [3.8, 4) is 0 Å². The van der Waals surface area contributed by atoms with E-state index in [0.29, 0.717) is 43.4 Å². The summed E-state index contributed by atoms with van der Waals surface area (Å²) in [6.45, 7) is 6.31. The van der Waals surface area contributed by atoms with E-state index in [1.54, 1.807) is 0 Å². The van der Waals surface area contributed by atoms with Crippen molar-refractivity contribution in [2.45, 2.75) is 141 Å². The smallest absolute Gasteiger partial charge is 0.331 e. The van der Waals surface area contributed by atoms with E-state index < -0.39 is 41.2 Å². The normalized spacial score (nSPS) is 50.7. The van der Waals surface area contributed by atoms with Crippen LogP contribution in [0.25, 0.3) is 0 Å². The lowest BCUT2D eigenvalue weighted by Crippen LogP contribution is -2.74.